The van der Waals surface area contributed by atoms with Gasteiger partial charge in [-0.1, -0.05) is 24.6 Å². The molecule has 0 spiro atoms. The second-order valence-electron chi connectivity index (χ2n) is 6.38. The number of fused-ring (bicyclic) bond motifs is 1. The number of likely N-dealkylation sites (N-methyl/N-ethyl adjacent to an activating group) is 1. The SMILES string of the molecule is CCNCCNc1nc2c(c(=O)n(C)c(=O)n2C)n1Cc1c(F)cccc1Cl. The molecule has 1 aromatic carbocycles. The molecular weight excluding hydrogens is 387 g/mol. The molecule has 3 rings (SSSR count). The molecule has 0 aliphatic heterocycles. The maximum Gasteiger partial charge on any atom is 0.332 e. The van der Waals surface area contributed by atoms with Crippen molar-refractivity contribution in [3.63, 3.8) is 0 Å². The molecular formula is C18H22ClFN6O2. The molecule has 0 radical (unpaired) electrons. The first-order valence-electron chi connectivity index (χ1n) is 8.90. The largest absolute Gasteiger partial charge is 0.354 e. The Hall–Kier alpha value is -2.65. The van der Waals surface area contributed by atoms with E-state index in [1.807, 2.05) is 6.92 Å². The van der Waals surface area contributed by atoms with Gasteiger partial charge in [0.2, 0.25) is 5.95 Å². The van der Waals surface area contributed by atoms with Gasteiger partial charge in [0.25, 0.3) is 5.56 Å². The summed E-state index contributed by atoms with van der Waals surface area (Å²) in [5.41, 5.74) is -0.307. The van der Waals surface area contributed by atoms with Gasteiger partial charge in [-0.2, -0.15) is 4.98 Å². The number of hydrogen-bond donors (Lipinski definition) is 2. The maximum absolute atomic E-state index is 14.4. The molecule has 0 atom stereocenters. The average molecular weight is 409 g/mol. The van der Waals surface area contributed by atoms with Gasteiger partial charge < -0.3 is 10.6 Å². The summed E-state index contributed by atoms with van der Waals surface area (Å²) >= 11 is 6.18. The number of anilines is 1. The van der Waals surface area contributed by atoms with Crippen LogP contribution in [-0.2, 0) is 20.6 Å². The highest BCUT2D eigenvalue weighted by Gasteiger charge is 2.20. The van der Waals surface area contributed by atoms with Gasteiger partial charge in [-0.15, -0.1) is 0 Å². The van der Waals surface area contributed by atoms with Crippen LogP contribution in [0.3, 0.4) is 0 Å². The van der Waals surface area contributed by atoms with Gasteiger partial charge in [0.05, 0.1) is 6.54 Å². The number of aryl methyl sites for hydroxylation is 1. The molecule has 0 saturated heterocycles. The number of halogens is 2. The summed E-state index contributed by atoms with van der Waals surface area (Å²) in [6, 6.07) is 4.42. The van der Waals surface area contributed by atoms with E-state index in [-0.39, 0.29) is 28.3 Å². The molecule has 150 valence electrons. The summed E-state index contributed by atoms with van der Waals surface area (Å²) in [6.45, 7) is 4.03. The van der Waals surface area contributed by atoms with E-state index in [9.17, 15) is 14.0 Å². The smallest absolute Gasteiger partial charge is 0.332 e. The zero-order chi connectivity index (χ0) is 20.4. The fourth-order valence-corrected chi connectivity index (χ4v) is 3.24. The highest BCUT2D eigenvalue weighted by atomic mass is 35.5. The van der Waals surface area contributed by atoms with E-state index in [1.54, 1.807) is 17.7 Å². The lowest BCUT2D eigenvalue weighted by atomic mass is 10.2. The van der Waals surface area contributed by atoms with E-state index in [0.29, 0.717) is 19.0 Å². The fraction of sp³-hybridized carbons (Fsp3) is 0.389. The van der Waals surface area contributed by atoms with E-state index in [4.69, 9.17) is 11.6 Å². The molecule has 10 heteroatoms. The molecule has 8 nitrogen and oxygen atoms in total. The standard InChI is InChI=1S/C18H22ClFN6O2/c1-4-21-8-9-22-17-23-15-14(16(27)25(3)18(28)24(15)2)26(17)10-11-12(19)6-5-7-13(11)20/h5-7,21H,4,8-10H2,1-3H3,(H,22,23). The van der Waals surface area contributed by atoms with Crippen LogP contribution in [0.2, 0.25) is 5.02 Å². The number of imidazole rings is 1. The van der Waals surface area contributed by atoms with Crippen molar-refractivity contribution in [3.8, 4) is 0 Å². The van der Waals surface area contributed by atoms with Crippen LogP contribution in [0.5, 0.6) is 0 Å². The summed E-state index contributed by atoms with van der Waals surface area (Å²) in [5, 5.41) is 6.58. The zero-order valence-electron chi connectivity index (χ0n) is 15.9. The Bertz CT molecular complexity index is 1110. The Balaban J connectivity index is 2.19. The van der Waals surface area contributed by atoms with Crippen LogP contribution < -0.4 is 21.9 Å². The van der Waals surface area contributed by atoms with Crippen LogP contribution in [0.1, 0.15) is 12.5 Å². The van der Waals surface area contributed by atoms with Crippen molar-refractivity contribution >= 4 is 28.7 Å². The van der Waals surface area contributed by atoms with Crippen LogP contribution in [0.15, 0.2) is 27.8 Å². The van der Waals surface area contributed by atoms with Gasteiger partial charge >= 0.3 is 5.69 Å². The first-order valence-corrected chi connectivity index (χ1v) is 9.28. The second kappa shape index (κ2) is 8.15. The molecule has 0 unspecified atom stereocenters. The van der Waals surface area contributed by atoms with Gasteiger partial charge in [-0.25, -0.2) is 9.18 Å². The summed E-state index contributed by atoms with van der Waals surface area (Å²) in [4.78, 5) is 29.5. The Morgan fingerprint density at radius 2 is 1.93 bits per heavy atom. The van der Waals surface area contributed by atoms with Crippen LogP contribution in [0, 0.1) is 5.82 Å². The molecule has 28 heavy (non-hydrogen) atoms. The van der Waals surface area contributed by atoms with Crippen molar-refractivity contribution in [1.29, 1.82) is 0 Å². The minimum absolute atomic E-state index is 0.00100. The van der Waals surface area contributed by atoms with Gasteiger partial charge in [0.15, 0.2) is 11.2 Å². The third-order valence-corrected chi connectivity index (χ3v) is 4.91. The van der Waals surface area contributed by atoms with E-state index in [2.05, 4.69) is 15.6 Å². The number of nitrogens with one attached hydrogen (secondary N) is 2. The van der Waals surface area contributed by atoms with Crippen LogP contribution in [0.25, 0.3) is 11.2 Å². The van der Waals surface area contributed by atoms with E-state index < -0.39 is 17.1 Å². The van der Waals surface area contributed by atoms with Gasteiger partial charge in [0, 0.05) is 37.8 Å². The van der Waals surface area contributed by atoms with Crippen molar-refractivity contribution in [2.24, 2.45) is 14.1 Å². The molecule has 2 aromatic heterocycles. The summed E-state index contributed by atoms with van der Waals surface area (Å²) in [6.07, 6.45) is 0. The molecule has 0 saturated carbocycles. The third-order valence-electron chi connectivity index (χ3n) is 4.56. The van der Waals surface area contributed by atoms with Crippen molar-refractivity contribution in [3.05, 3.63) is 55.4 Å². The first-order chi connectivity index (χ1) is 13.4. The molecule has 0 fully saturated rings. The first kappa shape index (κ1) is 20.1. The summed E-state index contributed by atoms with van der Waals surface area (Å²) in [7, 11) is 2.94. The van der Waals surface area contributed by atoms with Crippen molar-refractivity contribution < 1.29 is 4.39 Å². The number of nitrogens with zero attached hydrogens (tertiary/aromatic N) is 4. The molecule has 3 aromatic rings. The highest BCUT2D eigenvalue weighted by molar-refractivity contribution is 6.31. The lowest BCUT2D eigenvalue weighted by molar-refractivity contribution is 0.601. The van der Waals surface area contributed by atoms with Crippen LogP contribution >= 0.6 is 11.6 Å². The van der Waals surface area contributed by atoms with Gasteiger partial charge in [0.1, 0.15) is 5.82 Å². The number of rotatable bonds is 7. The molecule has 0 aliphatic carbocycles. The van der Waals surface area contributed by atoms with Gasteiger partial charge in [-0.05, 0) is 18.7 Å². The quantitative estimate of drug-likeness (QED) is 0.575. The lowest BCUT2D eigenvalue weighted by Gasteiger charge is -2.13. The number of hydrogen-bond acceptors (Lipinski definition) is 5. The Labute approximate surface area is 165 Å². The van der Waals surface area contributed by atoms with Crippen LogP contribution in [0.4, 0.5) is 10.3 Å². The number of aromatic nitrogens is 4. The van der Waals surface area contributed by atoms with Crippen molar-refractivity contribution in [2.45, 2.75) is 13.5 Å². The zero-order valence-corrected chi connectivity index (χ0v) is 16.7. The molecule has 2 heterocycles. The lowest BCUT2D eigenvalue weighted by Crippen LogP contribution is -2.37. The molecule has 0 amide bonds. The maximum atomic E-state index is 14.4. The molecule has 2 N–H and O–H groups in total. The average Bonchev–Trinajstić information content (AvgIpc) is 3.03. The topological polar surface area (TPSA) is 85.9 Å². The van der Waals surface area contributed by atoms with Crippen molar-refractivity contribution in [1.82, 2.24) is 24.0 Å². The summed E-state index contributed by atoms with van der Waals surface area (Å²) < 4.78 is 18.2. The highest BCUT2D eigenvalue weighted by Crippen LogP contribution is 2.24. The Morgan fingerprint density at radius 1 is 1.18 bits per heavy atom. The second-order valence-corrected chi connectivity index (χ2v) is 6.79. The third kappa shape index (κ3) is 3.55. The van der Waals surface area contributed by atoms with Crippen LogP contribution in [-0.4, -0.2) is 38.3 Å². The van der Waals surface area contributed by atoms with E-state index >= 15 is 0 Å². The monoisotopic (exact) mass is 408 g/mol. The predicted octanol–water partition coefficient (Wildman–Crippen LogP) is 1.30. The normalized spacial score (nSPS) is 11.3. The minimum Gasteiger partial charge on any atom is -0.354 e. The molecule has 0 bridgehead atoms. The Morgan fingerprint density at radius 3 is 2.61 bits per heavy atom. The van der Waals surface area contributed by atoms with Gasteiger partial charge in [-0.3, -0.25) is 18.5 Å². The Kier molecular flexibility index (Phi) is 5.85. The fourth-order valence-electron chi connectivity index (χ4n) is 3.02. The predicted molar refractivity (Wildman–Crippen MR) is 108 cm³/mol. The minimum atomic E-state index is -0.502. The molecule has 0 aliphatic rings. The van der Waals surface area contributed by atoms with E-state index in [0.717, 1.165) is 11.1 Å². The number of benzene rings is 1. The van der Waals surface area contributed by atoms with E-state index in [1.165, 1.54) is 23.7 Å². The van der Waals surface area contributed by atoms with Crippen molar-refractivity contribution in [2.75, 3.05) is 25.0 Å². The summed E-state index contributed by atoms with van der Waals surface area (Å²) in [5.74, 6) is -0.111.